The fraction of sp³-hybridized carbons (Fsp3) is 0.0909. The molecular weight excluding hydrogens is 258 g/mol. The Morgan fingerprint density at radius 2 is 2.11 bits per heavy atom. The summed E-state index contributed by atoms with van der Waals surface area (Å²) in [6.45, 7) is -0.274. The van der Waals surface area contributed by atoms with E-state index in [1.54, 1.807) is 6.07 Å². The van der Waals surface area contributed by atoms with Gasteiger partial charge in [0.05, 0.1) is 0 Å². The molecule has 0 aliphatic rings. The Labute approximate surface area is 107 Å². The van der Waals surface area contributed by atoms with Crippen molar-refractivity contribution in [2.75, 3.05) is 0 Å². The number of carbonyl (C=O) groups excluding carboxylic acids is 1. The third-order valence-electron chi connectivity index (χ3n) is 1.82. The highest BCUT2D eigenvalue weighted by Crippen LogP contribution is 2.14. The first-order valence-electron chi connectivity index (χ1n) is 4.96. The summed E-state index contributed by atoms with van der Waals surface area (Å²) < 4.78 is 4.80. The van der Waals surface area contributed by atoms with E-state index < -0.39 is 17.0 Å². The van der Waals surface area contributed by atoms with Crippen LogP contribution < -0.4 is 4.74 Å². The second-order valence-electron chi connectivity index (χ2n) is 3.24. The topological polar surface area (TPSA) is 116 Å². The van der Waals surface area contributed by atoms with Crippen molar-refractivity contribution in [2.45, 2.75) is 6.61 Å². The normalized spacial score (nSPS) is 10.1. The molecule has 1 rings (SSSR count). The van der Waals surface area contributed by atoms with Crippen LogP contribution in [0.4, 0.5) is 0 Å². The molecule has 8 heteroatoms. The molecule has 0 heterocycles. The molecule has 0 atom stereocenters. The fourth-order valence-electron chi connectivity index (χ4n) is 1.12. The quantitative estimate of drug-likeness (QED) is 0.268. The van der Waals surface area contributed by atoms with Gasteiger partial charge < -0.3 is 14.7 Å². The molecule has 0 amide bonds. The van der Waals surface area contributed by atoms with Gasteiger partial charge in [-0.05, 0) is 17.7 Å². The molecule has 0 aliphatic heterocycles. The Morgan fingerprint density at radius 3 is 2.74 bits per heavy atom. The maximum atomic E-state index is 11.2. The smallest absolute Gasteiger partial charge is 0.336 e. The fourth-order valence-corrected chi connectivity index (χ4v) is 1.12. The van der Waals surface area contributed by atoms with Crippen LogP contribution in [0.25, 0.3) is 0 Å². The van der Waals surface area contributed by atoms with Crippen LogP contribution in [0.5, 0.6) is 5.75 Å². The lowest BCUT2D eigenvalue weighted by molar-refractivity contribution is -0.763. The Morgan fingerprint density at radius 1 is 1.37 bits per heavy atom. The van der Waals surface area contributed by atoms with Crippen LogP contribution in [-0.2, 0) is 21.0 Å². The van der Waals surface area contributed by atoms with Crippen molar-refractivity contribution in [1.82, 2.24) is 0 Å². The van der Waals surface area contributed by atoms with Gasteiger partial charge in [-0.2, -0.15) is 0 Å². The summed E-state index contributed by atoms with van der Waals surface area (Å²) in [6, 6.07) is 5.88. The molecule has 0 unspecified atom stereocenters. The maximum Gasteiger partial charge on any atom is 0.336 e. The molecule has 0 aromatic heterocycles. The largest absolute Gasteiger partial charge is 0.478 e. The van der Waals surface area contributed by atoms with Crippen LogP contribution in [0, 0.1) is 10.1 Å². The molecular formula is C11H9NO7. The Bertz CT molecular complexity index is 524. The lowest BCUT2D eigenvalue weighted by atomic mass is 10.2. The van der Waals surface area contributed by atoms with Gasteiger partial charge in [0.1, 0.15) is 12.4 Å². The number of rotatable bonds is 6. The summed E-state index contributed by atoms with van der Waals surface area (Å²) in [5.74, 6) is -2.01. The lowest BCUT2D eigenvalue weighted by Gasteiger charge is -2.04. The second-order valence-corrected chi connectivity index (χ2v) is 3.24. The third-order valence-corrected chi connectivity index (χ3v) is 1.82. The van der Waals surface area contributed by atoms with E-state index in [1.807, 2.05) is 0 Å². The van der Waals surface area contributed by atoms with E-state index in [0.29, 0.717) is 11.6 Å². The van der Waals surface area contributed by atoms with Crippen LogP contribution in [-0.4, -0.2) is 22.1 Å². The summed E-state index contributed by atoms with van der Waals surface area (Å²) >= 11 is 0. The number of benzene rings is 1. The number of aliphatic carboxylic acids is 1. The van der Waals surface area contributed by atoms with E-state index in [0.717, 1.165) is 6.08 Å². The van der Waals surface area contributed by atoms with Crippen molar-refractivity contribution in [1.29, 1.82) is 0 Å². The second kappa shape index (κ2) is 6.74. The van der Waals surface area contributed by atoms with E-state index in [1.165, 1.54) is 18.2 Å². The third kappa shape index (κ3) is 5.82. The molecule has 0 saturated heterocycles. The van der Waals surface area contributed by atoms with E-state index >= 15 is 0 Å². The molecule has 0 bridgehead atoms. The summed E-state index contributed by atoms with van der Waals surface area (Å²) in [5.41, 5.74) is 0.434. The van der Waals surface area contributed by atoms with Crippen molar-refractivity contribution in [3.8, 4) is 5.75 Å². The van der Waals surface area contributed by atoms with Gasteiger partial charge in [0, 0.05) is 12.2 Å². The van der Waals surface area contributed by atoms with Crippen molar-refractivity contribution in [3.63, 3.8) is 0 Å². The van der Waals surface area contributed by atoms with Crippen molar-refractivity contribution >= 4 is 11.9 Å². The zero-order chi connectivity index (χ0) is 14.3. The zero-order valence-electron chi connectivity index (χ0n) is 9.52. The molecule has 0 radical (unpaired) electrons. The highest BCUT2D eigenvalue weighted by Gasteiger charge is 2.04. The predicted octanol–water partition coefficient (Wildman–Crippen LogP) is 0.941. The Balaban J connectivity index is 2.63. The molecule has 0 fully saturated rings. The zero-order valence-corrected chi connectivity index (χ0v) is 9.52. The summed E-state index contributed by atoms with van der Waals surface area (Å²) in [5, 5.41) is 17.4. The summed E-state index contributed by atoms with van der Waals surface area (Å²) in [4.78, 5) is 35.5. The van der Waals surface area contributed by atoms with E-state index in [2.05, 4.69) is 4.84 Å². The maximum absolute atomic E-state index is 11.2. The van der Waals surface area contributed by atoms with Gasteiger partial charge in [-0.25, -0.2) is 9.59 Å². The number of carboxylic acids is 1. The Kier molecular flexibility index (Phi) is 5.03. The SMILES string of the molecule is O=C(O)/C=C\C(=O)Oc1cccc(CO[N+](=O)[O-])c1. The van der Waals surface area contributed by atoms with Crippen molar-refractivity contribution in [2.24, 2.45) is 0 Å². The van der Waals surface area contributed by atoms with E-state index in [-0.39, 0.29) is 12.4 Å². The van der Waals surface area contributed by atoms with Gasteiger partial charge in [0.25, 0.3) is 5.09 Å². The monoisotopic (exact) mass is 267 g/mol. The first-order valence-corrected chi connectivity index (χ1v) is 4.96. The minimum Gasteiger partial charge on any atom is -0.478 e. The minimum absolute atomic E-state index is 0.129. The molecule has 1 aromatic rings. The van der Waals surface area contributed by atoms with Crippen molar-refractivity contribution < 1.29 is 29.4 Å². The van der Waals surface area contributed by atoms with Crippen LogP contribution >= 0.6 is 0 Å². The molecule has 0 aliphatic carbocycles. The molecule has 1 aromatic carbocycles. The molecule has 19 heavy (non-hydrogen) atoms. The highest BCUT2D eigenvalue weighted by atomic mass is 16.9. The lowest BCUT2D eigenvalue weighted by Crippen LogP contribution is -2.06. The van der Waals surface area contributed by atoms with Gasteiger partial charge in [-0.15, -0.1) is 10.1 Å². The number of esters is 1. The molecule has 0 spiro atoms. The molecule has 100 valence electrons. The summed E-state index contributed by atoms with van der Waals surface area (Å²) in [6.07, 6.45) is 1.39. The summed E-state index contributed by atoms with van der Waals surface area (Å²) in [7, 11) is 0. The molecule has 1 N–H and O–H groups in total. The average Bonchev–Trinajstić information content (AvgIpc) is 2.34. The van der Waals surface area contributed by atoms with Gasteiger partial charge in [-0.1, -0.05) is 12.1 Å². The van der Waals surface area contributed by atoms with E-state index in [9.17, 15) is 19.7 Å². The highest BCUT2D eigenvalue weighted by molar-refractivity contribution is 5.91. The van der Waals surface area contributed by atoms with E-state index in [4.69, 9.17) is 9.84 Å². The molecule has 0 saturated carbocycles. The number of carbonyl (C=O) groups is 2. The average molecular weight is 267 g/mol. The number of ether oxygens (including phenoxy) is 1. The Hall–Kier alpha value is -2.90. The van der Waals surface area contributed by atoms with Crippen LogP contribution in [0.15, 0.2) is 36.4 Å². The first-order chi connectivity index (χ1) is 8.97. The molecule has 8 nitrogen and oxygen atoms in total. The number of carboxylic acid groups (broad SMARTS) is 1. The number of hydrogen-bond donors (Lipinski definition) is 1. The number of nitrogens with zero attached hydrogens (tertiary/aromatic N) is 1. The first kappa shape index (κ1) is 14.2. The van der Waals surface area contributed by atoms with Gasteiger partial charge in [0.2, 0.25) is 0 Å². The predicted molar refractivity (Wildman–Crippen MR) is 60.6 cm³/mol. The van der Waals surface area contributed by atoms with Crippen LogP contribution in [0.1, 0.15) is 5.56 Å². The van der Waals surface area contributed by atoms with Gasteiger partial charge in [-0.3, -0.25) is 0 Å². The standard InChI is InChI=1S/C11H9NO7/c13-10(14)4-5-11(15)19-9-3-1-2-8(6-9)7-18-12(16)17/h1-6H,7H2,(H,13,14)/b5-4-. The van der Waals surface area contributed by atoms with Crippen LogP contribution in [0.3, 0.4) is 0 Å². The van der Waals surface area contributed by atoms with Crippen molar-refractivity contribution in [3.05, 3.63) is 52.1 Å². The van der Waals surface area contributed by atoms with Gasteiger partial charge >= 0.3 is 11.9 Å². The van der Waals surface area contributed by atoms with Gasteiger partial charge in [0.15, 0.2) is 0 Å². The number of hydrogen-bond acceptors (Lipinski definition) is 6. The van der Waals surface area contributed by atoms with Crippen LogP contribution in [0.2, 0.25) is 0 Å². The minimum atomic E-state index is -1.27.